The fraction of sp³-hybridized carbons (Fsp3) is 0.562. The third kappa shape index (κ3) is 2.80. The summed E-state index contributed by atoms with van der Waals surface area (Å²) in [6.07, 6.45) is 3.93. The highest BCUT2D eigenvalue weighted by atomic mass is 16.1. The van der Waals surface area contributed by atoms with Crippen molar-refractivity contribution in [2.24, 2.45) is 5.92 Å². The number of anilines is 1. The van der Waals surface area contributed by atoms with Gasteiger partial charge in [0.2, 0.25) is 0 Å². The molecule has 0 aromatic heterocycles. The topological polar surface area (TPSA) is 58.4 Å². The fourth-order valence-electron chi connectivity index (χ4n) is 3.03. The Balaban J connectivity index is 1.53. The Morgan fingerprint density at radius 1 is 1.40 bits per heavy atom. The van der Waals surface area contributed by atoms with Crippen molar-refractivity contribution < 1.29 is 4.79 Å². The van der Waals surface area contributed by atoms with Gasteiger partial charge >= 0.3 is 0 Å². The number of likely N-dealkylation sites (tertiary alicyclic amines) is 1. The van der Waals surface area contributed by atoms with E-state index in [2.05, 4.69) is 10.2 Å². The molecule has 108 valence electrons. The maximum atomic E-state index is 12.2. The third-order valence-corrected chi connectivity index (χ3v) is 4.55. The van der Waals surface area contributed by atoms with Crippen molar-refractivity contribution in [1.29, 1.82) is 0 Å². The van der Waals surface area contributed by atoms with Gasteiger partial charge in [-0.2, -0.15) is 0 Å². The number of amides is 1. The van der Waals surface area contributed by atoms with Crippen LogP contribution in [-0.4, -0.2) is 36.5 Å². The third-order valence-electron chi connectivity index (χ3n) is 4.55. The molecule has 1 heterocycles. The fourth-order valence-corrected chi connectivity index (χ4v) is 3.03. The Hall–Kier alpha value is -1.55. The van der Waals surface area contributed by atoms with Gasteiger partial charge in [0.05, 0.1) is 0 Å². The van der Waals surface area contributed by atoms with Gasteiger partial charge in [0.25, 0.3) is 5.91 Å². The smallest absolute Gasteiger partial charge is 0.251 e. The molecule has 2 aliphatic rings. The largest absolute Gasteiger partial charge is 0.398 e. The zero-order chi connectivity index (χ0) is 14.1. The number of nitrogens with zero attached hydrogens (tertiary/aromatic N) is 1. The predicted molar refractivity (Wildman–Crippen MR) is 80.6 cm³/mol. The highest BCUT2D eigenvalue weighted by molar-refractivity contribution is 5.96. The molecule has 3 N–H and O–H groups in total. The summed E-state index contributed by atoms with van der Waals surface area (Å²) in [6, 6.07) is 6.34. The number of hydrogen-bond donors (Lipinski definition) is 2. The van der Waals surface area contributed by atoms with E-state index in [9.17, 15) is 4.79 Å². The van der Waals surface area contributed by atoms with Crippen LogP contribution in [0.25, 0.3) is 0 Å². The minimum Gasteiger partial charge on any atom is -0.398 e. The molecule has 2 fully saturated rings. The first-order valence-electron chi connectivity index (χ1n) is 7.52. The summed E-state index contributed by atoms with van der Waals surface area (Å²) in [7, 11) is 0. The lowest BCUT2D eigenvalue weighted by Gasteiger charge is -2.15. The number of nitrogen functional groups attached to an aromatic ring is 1. The van der Waals surface area contributed by atoms with Crippen molar-refractivity contribution in [1.82, 2.24) is 10.2 Å². The Labute approximate surface area is 120 Å². The standard InChI is InChI=1S/C16H23N3O/c1-11-14(3-2-4-15(11)17)16(20)18-9-12-7-8-19(10-12)13-5-6-13/h2-4,12-13H,5-10,17H2,1H3,(H,18,20). The predicted octanol–water partition coefficient (Wildman–Crippen LogP) is 1.79. The van der Waals surface area contributed by atoms with Gasteiger partial charge in [-0.3, -0.25) is 4.79 Å². The summed E-state index contributed by atoms with van der Waals surface area (Å²) in [4.78, 5) is 14.8. The van der Waals surface area contributed by atoms with E-state index in [1.54, 1.807) is 0 Å². The zero-order valence-corrected chi connectivity index (χ0v) is 12.1. The molecule has 1 amide bonds. The van der Waals surface area contributed by atoms with Crippen LogP contribution in [0.2, 0.25) is 0 Å². The van der Waals surface area contributed by atoms with Crippen molar-refractivity contribution in [3.05, 3.63) is 29.3 Å². The number of carbonyl (C=O) groups excluding carboxylic acids is 1. The second-order valence-corrected chi connectivity index (χ2v) is 6.11. The molecule has 4 heteroatoms. The summed E-state index contributed by atoms with van der Waals surface area (Å²) < 4.78 is 0. The molecule has 1 atom stereocenters. The highest BCUT2D eigenvalue weighted by Crippen LogP contribution is 2.31. The SMILES string of the molecule is Cc1c(N)cccc1C(=O)NCC1CCN(C2CC2)C1. The molecule has 0 spiro atoms. The van der Waals surface area contributed by atoms with E-state index in [1.807, 2.05) is 25.1 Å². The molecule has 20 heavy (non-hydrogen) atoms. The van der Waals surface area contributed by atoms with E-state index < -0.39 is 0 Å². The van der Waals surface area contributed by atoms with Crippen LogP contribution in [0, 0.1) is 12.8 Å². The normalized spacial score (nSPS) is 22.9. The maximum Gasteiger partial charge on any atom is 0.251 e. The van der Waals surface area contributed by atoms with Gasteiger partial charge in [0.15, 0.2) is 0 Å². The summed E-state index contributed by atoms with van der Waals surface area (Å²) in [6.45, 7) is 5.01. The van der Waals surface area contributed by atoms with E-state index >= 15 is 0 Å². The molecule has 3 rings (SSSR count). The molecule has 1 saturated carbocycles. The minimum absolute atomic E-state index is 0.000304. The number of rotatable bonds is 4. The first kappa shape index (κ1) is 13.4. The molecule has 1 aromatic carbocycles. The van der Waals surface area contributed by atoms with E-state index in [1.165, 1.54) is 25.8 Å². The van der Waals surface area contributed by atoms with Crippen molar-refractivity contribution >= 4 is 11.6 Å². The van der Waals surface area contributed by atoms with Crippen LogP contribution < -0.4 is 11.1 Å². The van der Waals surface area contributed by atoms with E-state index in [4.69, 9.17) is 5.73 Å². The van der Waals surface area contributed by atoms with Crippen molar-refractivity contribution in [3.63, 3.8) is 0 Å². The second kappa shape index (κ2) is 5.44. The van der Waals surface area contributed by atoms with Crippen LogP contribution in [0.5, 0.6) is 0 Å². The molecule has 0 bridgehead atoms. The van der Waals surface area contributed by atoms with Crippen LogP contribution in [0.15, 0.2) is 18.2 Å². The van der Waals surface area contributed by atoms with Crippen LogP contribution >= 0.6 is 0 Å². The van der Waals surface area contributed by atoms with Crippen molar-refractivity contribution in [2.75, 3.05) is 25.4 Å². The lowest BCUT2D eigenvalue weighted by atomic mass is 10.1. The van der Waals surface area contributed by atoms with Crippen LogP contribution in [0.4, 0.5) is 5.69 Å². The average molecular weight is 273 g/mol. The average Bonchev–Trinajstić information content (AvgIpc) is 3.18. The summed E-state index contributed by atoms with van der Waals surface area (Å²) in [5.74, 6) is 0.598. The van der Waals surface area contributed by atoms with Crippen LogP contribution in [-0.2, 0) is 0 Å². The van der Waals surface area contributed by atoms with Gasteiger partial charge in [-0.05, 0) is 56.3 Å². The second-order valence-electron chi connectivity index (χ2n) is 6.11. The summed E-state index contributed by atoms with van der Waals surface area (Å²) >= 11 is 0. The Bertz CT molecular complexity index is 510. The Morgan fingerprint density at radius 2 is 2.20 bits per heavy atom. The van der Waals surface area contributed by atoms with Gasteiger partial charge in [-0.15, -0.1) is 0 Å². The Morgan fingerprint density at radius 3 is 2.95 bits per heavy atom. The summed E-state index contributed by atoms with van der Waals surface area (Å²) in [5, 5.41) is 3.07. The molecule has 0 radical (unpaired) electrons. The summed E-state index contributed by atoms with van der Waals surface area (Å²) in [5.41, 5.74) is 8.10. The maximum absolute atomic E-state index is 12.2. The van der Waals surface area contributed by atoms with Gasteiger partial charge in [0.1, 0.15) is 0 Å². The first-order chi connectivity index (χ1) is 9.65. The highest BCUT2D eigenvalue weighted by Gasteiger charge is 2.34. The van der Waals surface area contributed by atoms with E-state index in [0.29, 0.717) is 17.2 Å². The van der Waals surface area contributed by atoms with Gasteiger partial charge in [0, 0.05) is 30.4 Å². The Kier molecular flexibility index (Phi) is 3.66. The van der Waals surface area contributed by atoms with Crippen LogP contribution in [0.3, 0.4) is 0 Å². The quantitative estimate of drug-likeness (QED) is 0.822. The number of nitrogens with two attached hydrogens (primary N) is 1. The van der Waals surface area contributed by atoms with Gasteiger partial charge in [-0.25, -0.2) is 0 Å². The van der Waals surface area contributed by atoms with Crippen molar-refractivity contribution in [3.8, 4) is 0 Å². The lowest BCUT2D eigenvalue weighted by Crippen LogP contribution is -2.31. The van der Waals surface area contributed by atoms with Crippen molar-refractivity contribution in [2.45, 2.75) is 32.2 Å². The van der Waals surface area contributed by atoms with Gasteiger partial charge in [-0.1, -0.05) is 6.07 Å². The molecule has 4 nitrogen and oxygen atoms in total. The lowest BCUT2D eigenvalue weighted by molar-refractivity contribution is 0.0947. The van der Waals surface area contributed by atoms with Crippen LogP contribution in [0.1, 0.15) is 35.2 Å². The molecule has 1 saturated heterocycles. The number of carbonyl (C=O) groups is 1. The molecular formula is C16H23N3O. The molecule has 1 aromatic rings. The molecular weight excluding hydrogens is 250 g/mol. The van der Waals surface area contributed by atoms with E-state index in [0.717, 1.165) is 24.7 Å². The number of hydrogen-bond acceptors (Lipinski definition) is 3. The van der Waals surface area contributed by atoms with Gasteiger partial charge < -0.3 is 16.0 Å². The zero-order valence-electron chi connectivity index (χ0n) is 12.1. The monoisotopic (exact) mass is 273 g/mol. The first-order valence-corrected chi connectivity index (χ1v) is 7.52. The number of nitrogens with one attached hydrogen (secondary N) is 1. The number of benzene rings is 1. The molecule has 1 unspecified atom stereocenters. The molecule has 1 aliphatic carbocycles. The van der Waals surface area contributed by atoms with E-state index in [-0.39, 0.29) is 5.91 Å². The minimum atomic E-state index is -0.000304. The molecule has 1 aliphatic heterocycles.